The molecule has 0 aliphatic carbocycles. The van der Waals surface area contributed by atoms with Gasteiger partial charge in [0, 0.05) is 24.7 Å². The van der Waals surface area contributed by atoms with Gasteiger partial charge in [-0.25, -0.2) is 0 Å². The van der Waals surface area contributed by atoms with E-state index in [1.165, 1.54) is 5.56 Å². The molecule has 1 aromatic rings. The molecule has 0 unspecified atom stereocenters. The zero-order valence-corrected chi connectivity index (χ0v) is 11.8. The van der Waals surface area contributed by atoms with Gasteiger partial charge < -0.3 is 10.1 Å². The van der Waals surface area contributed by atoms with E-state index in [0.29, 0.717) is 0 Å². The lowest BCUT2D eigenvalue weighted by Gasteiger charge is -2.06. The van der Waals surface area contributed by atoms with Gasteiger partial charge in [0.2, 0.25) is 0 Å². The minimum absolute atomic E-state index is 0.754. The average Bonchev–Trinajstić information content (AvgIpc) is 2.28. The fourth-order valence-corrected chi connectivity index (χ4v) is 1.92. The first-order chi connectivity index (χ1) is 7.74. The van der Waals surface area contributed by atoms with Gasteiger partial charge >= 0.3 is 0 Å². The molecule has 0 saturated heterocycles. The molecule has 4 heteroatoms. The first-order valence-corrected chi connectivity index (χ1v) is 6.54. The van der Waals surface area contributed by atoms with Crippen molar-refractivity contribution in [2.45, 2.75) is 19.4 Å². The molecule has 16 heavy (non-hydrogen) atoms. The van der Waals surface area contributed by atoms with E-state index in [1.54, 1.807) is 7.11 Å². The van der Waals surface area contributed by atoms with Crippen LogP contribution in [-0.2, 0) is 11.3 Å². The Labute approximate surface area is 110 Å². The predicted molar refractivity (Wildman–Crippen MR) is 72.0 cm³/mol. The van der Waals surface area contributed by atoms with Gasteiger partial charge in [-0.15, -0.1) is 0 Å². The number of hydrogen-bond acceptors (Lipinski definition) is 2. The summed E-state index contributed by atoms with van der Waals surface area (Å²) in [6, 6.07) is 5.99. The fourth-order valence-electron chi connectivity index (χ4n) is 1.38. The van der Waals surface area contributed by atoms with Crippen LogP contribution in [0.4, 0.5) is 0 Å². The van der Waals surface area contributed by atoms with Crippen molar-refractivity contribution in [1.29, 1.82) is 0 Å². The highest BCUT2D eigenvalue weighted by molar-refractivity contribution is 9.10. The van der Waals surface area contributed by atoms with Crippen LogP contribution in [0.5, 0.6) is 0 Å². The van der Waals surface area contributed by atoms with Crippen LogP contribution in [0.3, 0.4) is 0 Å². The Morgan fingerprint density at radius 2 is 2.19 bits per heavy atom. The van der Waals surface area contributed by atoms with Crippen molar-refractivity contribution in [2.24, 2.45) is 0 Å². The van der Waals surface area contributed by atoms with Gasteiger partial charge in [-0.05, 0) is 53.0 Å². The Kier molecular flexibility index (Phi) is 7.05. The van der Waals surface area contributed by atoms with E-state index in [-0.39, 0.29) is 0 Å². The van der Waals surface area contributed by atoms with E-state index < -0.39 is 0 Å². The van der Waals surface area contributed by atoms with Crippen molar-refractivity contribution in [2.75, 3.05) is 20.3 Å². The van der Waals surface area contributed by atoms with Gasteiger partial charge in [-0.2, -0.15) is 0 Å². The van der Waals surface area contributed by atoms with E-state index in [2.05, 4.69) is 21.2 Å². The Morgan fingerprint density at radius 1 is 1.38 bits per heavy atom. The molecule has 1 rings (SSSR count). The summed E-state index contributed by atoms with van der Waals surface area (Å²) in [4.78, 5) is 0. The van der Waals surface area contributed by atoms with Crippen molar-refractivity contribution in [1.82, 2.24) is 5.32 Å². The van der Waals surface area contributed by atoms with E-state index in [9.17, 15) is 0 Å². The summed E-state index contributed by atoms with van der Waals surface area (Å²) in [5.41, 5.74) is 1.24. The lowest BCUT2D eigenvalue weighted by Crippen LogP contribution is -2.15. The molecular weight excluding hydrogens is 289 g/mol. The summed E-state index contributed by atoms with van der Waals surface area (Å²) >= 11 is 9.33. The molecule has 0 spiro atoms. The van der Waals surface area contributed by atoms with Gasteiger partial charge in [0.15, 0.2) is 0 Å². The third-order valence-electron chi connectivity index (χ3n) is 2.27. The summed E-state index contributed by atoms with van der Waals surface area (Å²) in [7, 11) is 1.73. The van der Waals surface area contributed by atoms with Crippen molar-refractivity contribution >= 4 is 27.5 Å². The Bertz CT molecular complexity index is 320. The fraction of sp³-hybridized carbons (Fsp3) is 0.500. The van der Waals surface area contributed by atoms with Crippen LogP contribution in [0.1, 0.15) is 18.4 Å². The van der Waals surface area contributed by atoms with Crippen LogP contribution in [0.15, 0.2) is 22.7 Å². The number of nitrogens with one attached hydrogen (secondary N) is 1. The summed E-state index contributed by atoms with van der Waals surface area (Å²) in [6.07, 6.45) is 2.25. The normalized spacial score (nSPS) is 10.7. The van der Waals surface area contributed by atoms with Crippen LogP contribution in [0.2, 0.25) is 5.02 Å². The molecular formula is C12H17BrClNO. The predicted octanol–water partition coefficient (Wildman–Crippen LogP) is 3.62. The minimum atomic E-state index is 0.754. The molecule has 0 radical (unpaired) electrons. The summed E-state index contributed by atoms with van der Waals surface area (Å²) in [5, 5.41) is 4.14. The van der Waals surface area contributed by atoms with Gasteiger partial charge in [0.05, 0.1) is 5.02 Å². The highest BCUT2D eigenvalue weighted by Crippen LogP contribution is 2.22. The van der Waals surface area contributed by atoms with Crippen molar-refractivity contribution in [3.8, 4) is 0 Å². The van der Waals surface area contributed by atoms with Crippen molar-refractivity contribution in [3.05, 3.63) is 33.3 Å². The lowest BCUT2D eigenvalue weighted by molar-refractivity contribution is 0.192. The van der Waals surface area contributed by atoms with Crippen LogP contribution in [-0.4, -0.2) is 20.3 Å². The molecule has 0 aromatic heterocycles. The number of rotatable bonds is 7. The highest BCUT2D eigenvalue weighted by atomic mass is 79.9. The van der Waals surface area contributed by atoms with E-state index in [4.69, 9.17) is 16.3 Å². The molecule has 0 amide bonds. The smallest absolute Gasteiger partial charge is 0.0548 e. The van der Waals surface area contributed by atoms with Gasteiger partial charge in [0.1, 0.15) is 0 Å². The molecule has 0 bridgehead atoms. The van der Waals surface area contributed by atoms with E-state index >= 15 is 0 Å². The summed E-state index contributed by atoms with van der Waals surface area (Å²) in [6.45, 7) is 2.74. The van der Waals surface area contributed by atoms with E-state index in [0.717, 1.165) is 42.0 Å². The Hall–Kier alpha value is -0.0900. The average molecular weight is 307 g/mol. The lowest BCUT2D eigenvalue weighted by atomic mass is 10.2. The third kappa shape index (κ3) is 5.30. The number of hydrogen-bond donors (Lipinski definition) is 1. The second-order valence-electron chi connectivity index (χ2n) is 3.63. The SMILES string of the molecule is COCCCCNCc1ccc(Cl)c(Br)c1. The summed E-state index contributed by atoms with van der Waals surface area (Å²) < 4.78 is 5.94. The molecule has 1 N–H and O–H groups in total. The second kappa shape index (κ2) is 8.07. The largest absolute Gasteiger partial charge is 0.385 e. The first-order valence-electron chi connectivity index (χ1n) is 5.37. The molecule has 0 atom stereocenters. The van der Waals surface area contributed by atoms with Crippen LogP contribution < -0.4 is 5.32 Å². The van der Waals surface area contributed by atoms with Crippen LogP contribution >= 0.6 is 27.5 Å². The maximum Gasteiger partial charge on any atom is 0.0548 e. The van der Waals surface area contributed by atoms with Crippen LogP contribution in [0.25, 0.3) is 0 Å². The van der Waals surface area contributed by atoms with Crippen LogP contribution in [0, 0.1) is 0 Å². The number of unbranched alkanes of at least 4 members (excludes halogenated alkanes) is 1. The molecule has 0 aliphatic rings. The van der Waals surface area contributed by atoms with Crippen molar-refractivity contribution < 1.29 is 4.74 Å². The molecule has 2 nitrogen and oxygen atoms in total. The molecule has 0 aliphatic heterocycles. The molecule has 0 saturated carbocycles. The topological polar surface area (TPSA) is 21.3 Å². The molecule has 90 valence electrons. The molecule has 0 heterocycles. The molecule has 0 fully saturated rings. The van der Waals surface area contributed by atoms with Gasteiger partial charge in [0.25, 0.3) is 0 Å². The Balaban J connectivity index is 2.19. The van der Waals surface area contributed by atoms with Gasteiger partial charge in [-0.3, -0.25) is 0 Å². The zero-order chi connectivity index (χ0) is 11.8. The van der Waals surface area contributed by atoms with Gasteiger partial charge in [-0.1, -0.05) is 17.7 Å². The number of ether oxygens (including phenoxy) is 1. The number of halogens is 2. The number of methoxy groups -OCH3 is 1. The minimum Gasteiger partial charge on any atom is -0.385 e. The zero-order valence-electron chi connectivity index (χ0n) is 9.43. The second-order valence-corrected chi connectivity index (χ2v) is 4.89. The standard InChI is InChI=1S/C12H17BrClNO/c1-16-7-3-2-6-15-9-10-4-5-12(14)11(13)8-10/h4-5,8,15H,2-3,6-7,9H2,1H3. The van der Waals surface area contributed by atoms with E-state index in [1.807, 2.05) is 18.2 Å². The summed E-state index contributed by atoms with van der Waals surface area (Å²) in [5.74, 6) is 0. The highest BCUT2D eigenvalue weighted by Gasteiger charge is 1.98. The maximum absolute atomic E-state index is 5.92. The monoisotopic (exact) mass is 305 g/mol. The maximum atomic E-state index is 5.92. The quantitative estimate of drug-likeness (QED) is 0.777. The molecule has 1 aromatic carbocycles. The third-order valence-corrected chi connectivity index (χ3v) is 3.48. The Morgan fingerprint density at radius 3 is 2.88 bits per heavy atom. The van der Waals surface area contributed by atoms with Crippen molar-refractivity contribution in [3.63, 3.8) is 0 Å². The number of benzene rings is 1. The first kappa shape index (κ1) is 14.0.